The zero-order chi connectivity index (χ0) is 22.4. The van der Waals surface area contributed by atoms with E-state index in [1.54, 1.807) is 20.8 Å². The van der Waals surface area contributed by atoms with E-state index in [0.29, 0.717) is 0 Å². The van der Waals surface area contributed by atoms with E-state index in [1.807, 2.05) is 0 Å². The van der Waals surface area contributed by atoms with Crippen LogP contribution in [-0.2, 0) is 25.7 Å². The van der Waals surface area contributed by atoms with Gasteiger partial charge < -0.3 is 29.4 Å². The summed E-state index contributed by atoms with van der Waals surface area (Å²) in [6.07, 6.45) is 1.27. The fourth-order valence-corrected chi connectivity index (χ4v) is 5.55. The Morgan fingerprint density at radius 2 is 2.03 bits per heavy atom. The molecule has 164 valence electrons. The summed E-state index contributed by atoms with van der Waals surface area (Å²) in [4.78, 5) is 50.3. The number of rotatable bonds is 7. The number of aliphatic carboxylic acids is 1. The second-order valence-corrected chi connectivity index (χ2v) is 9.54. The smallest absolute Gasteiger partial charge is 0.327 e. The lowest BCUT2D eigenvalue weighted by Gasteiger charge is -2.51. The van der Waals surface area contributed by atoms with Crippen molar-refractivity contribution >= 4 is 41.1 Å². The predicted octanol–water partition coefficient (Wildman–Crippen LogP) is 0.506. The molecule has 2 saturated heterocycles. The second kappa shape index (κ2) is 7.78. The van der Waals surface area contributed by atoms with E-state index in [-0.39, 0.29) is 24.1 Å². The molecule has 1 aromatic rings. The number of methoxy groups -OCH3 is 1. The minimum absolute atomic E-state index is 0.0870. The molecule has 2 aliphatic rings. The van der Waals surface area contributed by atoms with Crippen molar-refractivity contribution in [2.24, 2.45) is 0 Å². The van der Waals surface area contributed by atoms with E-state index in [9.17, 15) is 24.3 Å². The molecule has 0 bridgehead atoms. The van der Waals surface area contributed by atoms with E-state index >= 15 is 0 Å². The van der Waals surface area contributed by atoms with Crippen LogP contribution >= 0.6 is 23.4 Å². The number of β-lactam (4-membered cyclic amide) rings is 1. The minimum Gasteiger partial charge on any atom is -0.480 e. The zero-order valence-electron chi connectivity index (χ0n) is 16.8. The summed E-state index contributed by atoms with van der Waals surface area (Å²) in [5, 5.41) is 11.4. The Labute approximate surface area is 181 Å². The number of carbonyl (C=O) groups is 3. The first-order valence-electron chi connectivity index (χ1n) is 9.10. The number of ether oxygens (including phenoxy) is 2. The summed E-state index contributed by atoms with van der Waals surface area (Å²) < 4.78 is 11.3. The Morgan fingerprint density at radius 3 is 2.60 bits per heavy atom. The second-order valence-electron chi connectivity index (χ2n) is 7.40. The predicted molar refractivity (Wildman–Crippen MR) is 108 cm³/mol. The van der Waals surface area contributed by atoms with Crippen LogP contribution in [0.1, 0.15) is 20.8 Å². The molecule has 1 unspecified atom stereocenters. The lowest BCUT2D eigenvalue weighted by atomic mass is 9.93. The number of hydrogen-bond acceptors (Lipinski definition) is 7. The van der Waals surface area contributed by atoms with Crippen molar-refractivity contribution in [3.63, 3.8) is 0 Å². The third-order valence-corrected chi connectivity index (χ3v) is 6.93. The van der Waals surface area contributed by atoms with Crippen LogP contribution in [0.2, 0.25) is 5.02 Å². The van der Waals surface area contributed by atoms with Gasteiger partial charge in [0.25, 0.3) is 11.6 Å². The van der Waals surface area contributed by atoms with Gasteiger partial charge in [0.05, 0.1) is 6.61 Å². The van der Waals surface area contributed by atoms with Crippen molar-refractivity contribution in [3.05, 3.63) is 27.5 Å². The first kappa shape index (κ1) is 22.4. The van der Waals surface area contributed by atoms with Crippen molar-refractivity contribution < 1.29 is 29.0 Å². The molecule has 12 heteroatoms. The highest BCUT2D eigenvalue weighted by molar-refractivity contribution is 8.01. The van der Waals surface area contributed by atoms with Gasteiger partial charge in [0.2, 0.25) is 11.3 Å². The average Bonchev–Trinajstić information content (AvgIpc) is 2.93. The summed E-state index contributed by atoms with van der Waals surface area (Å²) in [7, 11) is 1.28. The van der Waals surface area contributed by atoms with Crippen LogP contribution in [0.25, 0.3) is 0 Å². The van der Waals surface area contributed by atoms with Crippen LogP contribution in [0.15, 0.2) is 17.1 Å². The Hall–Kier alpha value is -2.24. The average molecular weight is 460 g/mol. The quantitative estimate of drug-likeness (QED) is 0.446. The zero-order valence-corrected chi connectivity index (χ0v) is 18.4. The number of hydrogen-bond donors (Lipinski definition) is 2. The van der Waals surface area contributed by atoms with Gasteiger partial charge in [-0.25, -0.2) is 4.79 Å². The fourth-order valence-electron chi connectivity index (χ4n) is 3.71. The summed E-state index contributed by atoms with van der Waals surface area (Å²) in [6.45, 7) is 5.14. The topological polar surface area (TPSA) is 127 Å². The number of pyridine rings is 1. The van der Waals surface area contributed by atoms with Gasteiger partial charge in [-0.15, -0.1) is 11.8 Å². The number of amides is 2. The summed E-state index contributed by atoms with van der Waals surface area (Å²) in [5.41, 5.74) is -2.13. The summed E-state index contributed by atoms with van der Waals surface area (Å²) in [6, 6.07) is 0.135. The van der Waals surface area contributed by atoms with E-state index in [2.05, 4.69) is 5.32 Å². The van der Waals surface area contributed by atoms with Crippen LogP contribution < -0.4 is 15.5 Å². The van der Waals surface area contributed by atoms with Crippen molar-refractivity contribution in [2.45, 2.75) is 49.2 Å². The third-order valence-electron chi connectivity index (χ3n) is 5.03. The van der Waals surface area contributed by atoms with E-state index in [0.717, 1.165) is 0 Å². The number of nitrogens with one attached hydrogen (secondary N) is 1. The molecule has 0 spiro atoms. The van der Waals surface area contributed by atoms with Crippen LogP contribution in [0.5, 0.6) is 5.88 Å². The molecule has 3 heterocycles. The highest BCUT2D eigenvalue weighted by Gasteiger charge is 2.73. The molecule has 2 fully saturated rings. The lowest BCUT2D eigenvalue weighted by Crippen LogP contribution is -2.80. The van der Waals surface area contributed by atoms with Crippen molar-refractivity contribution in [2.75, 3.05) is 13.7 Å². The van der Waals surface area contributed by atoms with Crippen LogP contribution in [0.4, 0.5) is 0 Å². The molecule has 2 aliphatic heterocycles. The number of carboxylic acids is 1. The SMILES string of the molecule is CCOc1cc(=O)c(Cl)cn1CC(=O)NC1(OC)C(=O)N2[C@@H](C(=O)O)C(C)(C)S[C@@H]21. The van der Waals surface area contributed by atoms with Gasteiger partial charge in [0, 0.05) is 24.1 Å². The Bertz CT molecular complexity index is 966. The van der Waals surface area contributed by atoms with Gasteiger partial charge >= 0.3 is 5.97 Å². The summed E-state index contributed by atoms with van der Waals surface area (Å²) in [5.74, 6) is -2.19. The molecule has 10 nitrogen and oxygen atoms in total. The number of carboxylic acid groups (broad SMARTS) is 1. The van der Waals surface area contributed by atoms with Gasteiger partial charge in [-0.3, -0.25) is 14.4 Å². The number of carbonyl (C=O) groups excluding carboxylic acids is 2. The van der Waals surface area contributed by atoms with Crippen LogP contribution in [0.3, 0.4) is 0 Å². The normalized spacial score (nSPS) is 26.7. The van der Waals surface area contributed by atoms with Gasteiger partial charge in [-0.05, 0) is 20.8 Å². The molecule has 0 radical (unpaired) electrons. The highest BCUT2D eigenvalue weighted by atomic mass is 35.5. The maximum absolute atomic E-state index is 12.9. The van der Waals surface area contributed by atoms with Gasteiger partial charge in [0.1, 0.15) is 23.0 Å². The number of nitrogens with zero attached hydrogens (tertiary/aromatic N) is 2. The minimum atomic E-state index is -1.68. The largest absolute Gasteiger partial charge is 0.480 e. The summed E-state index contributed by atoms with van der Waals surface area (Å²) >= 11 is 7.12. The van der Waals surface area contributed by atoms with Gasteiger partial charge in [-0.1, -0.05) is 11.6 Å². The number of fused-ring (bicyclic) bond motifs is 1. The van der Waals surface area contributed by atoms with Gasteiger partial charge in [0.15, 0.2) is 5.88 Å². The lowest BCUT2D eigenvalue weighted by molar-refractivity contribution is -0.201. The maximum atomic E-state index is 12.9. The first-order valence-corrected chi connectivity index (χ1v) is 10.4. The third kappa shape index (κ3) is 3.44. The fraction of sp³-hybridized carbons (Fsp3) is 0.556. The molecule has 0 aromatic carbocycles. The molecule has 3 rings (SSSR count). The standard InChI is InChI=1S/C18H22ClN3O7S/c1-5-29-12-6-10(23)9(19)7-21(12)8-11(24)20-18(28-4)15(27)22-13(14(25)26)17(2,3)30-16(18)22/h6-7,13,16H,5,8H2,1-4H3,(H,20,24)(H,25,26)/t13-,16+,18?/m0/s1. The Balaban J connectivity index is 1.83. The first-order chi connectivity index (χ1) is 14.0. The molecule has 2 N–H and O–H groups in total. The van der Waals surface area contributed by atoms with Crippen molar-refractivity contribution in [1.82, 2.24) is 14.8 Å². The van der Waals surface area contributed by atoms with Crippen LogP contribution in [-0.4, -0.2) is 68.0 Å². The van der Waals surface area contributed by atoms with E-state index in [4.69, 9.17) is 21.1 Å². The van der Waals surface area contributed by atoms with Gasteiger partial charge in [-0.2, -0.15) is 0 Å². The molecule has 0 aliphatic carbocycles. The number of thioether (sulfide) groups is 1. The molecular weight excluding hydrogens is 438 g/mol. The van der Waals surface area contributed by atoms with Crippen molar-refractivity contribution in [3.8, 4) is 5.88 Å². The number of aromatic nitrogens is 1. The molecular formula is C18H22ClN3O7S. The molecule has 30 heavy (non-hydrogen) atoms. The Kier molecular flexibility index (Phi) is 5.82. The molecule has 1 aromatic heterocycles. The molecule has 2 amide bonds. The number of halogens is 1. The highest BCUT2D eigenvalue weighted by Crippen LogP contribution is 2.55. The molecule has 0 saturated carbocycles. The monoisotopic (exact) mass is 459 g/mol. The Morgan fingerprint density at radius 1 is 1.37 bits per heavy atom. The molecule has 3 atom stereocenters. The van der Waals surface area contributed by atoms with E-state index in [1.165, 1.54) is 40.6 Å². The van der Waals surface area contributed by atoms with E-state index < -0.39 is 45.1 Å². The van der Waals surface area contributed by atoms with Crippen molar-refractivity contribution in [1.29, 1.82) is 0 Å². The van der Waals surface area contributed by atoms with Crippen LogP contribution in [0, 0.1) is 0 Å². The maximum Gasteiger partial charge on any atom is 0.327 e.